The standard InChI is InChI=1S/C23H32N2O3S/c1-16-9-10-18-17(15-16)7-6-8-19(20(18)26)21(29-5)24-11-13-25(14-12-24)22(27)28-23(2,3)4/h9-10,15H,6-8,11-14H2,1-5H3/b21-19-. The van der Waals surface area contributed by atoms with Crippen LogP contribution in [-0.4, -0.2) is 59.7 Å². The molecule has 0 saturated carbocycles. The van der Waals surface area contributed by atoms with Gasteiger partial charge in [-0.15, -0.1) is 11.8 Å². The molecule has 1 saturated heterocycles. The van der Waals surface area contributed by atoms with Crippen molar-refractivity contribution in [2.24, 2.45) is 0 Å². The van der Waals surface area contributed by atoms with E-state index in [9.17, 15) is 9.59 Å². The Bertz CT molecular complexity index is 818. The molecule has 1 heterocycles. The zero-order valence-corrected chi connectivity index (χ0v) is 19.0. The average Bonchev–Trinajstić information content (AvgIpc) is 2.81. The molecule has 0 aromatic heterocycles. The number of hydrogen-bond donors (Lipinski definition) is 0. The van der Waals surface area contributed by atoms with Gasteiger partial charge in [-0.1, -0.05) is 23.8 Å². The highest BCUT2D eigenvalue weighted by atomic mass is 32.2. The van der Waals surface area contributed by atoms with E-state index in [1.54, 1.807) is 16.7 Å². The summed E-state index contributed by atoms with van der Waals surface area (Å²) in [4.78, 5) is 29.7. The number of rotatable bonds is 2. The van der Waals surface area contributed by atoms with E-state index in [1.807, 2.05) is 39.2 Å². The highest BCUT2D eigenvalue weighted by Crippen LogP contribution is 2.32. The zero-order valence-electron chi connectivity index (χ0n) is 18.2. The number of thioether (sulfide) groups is 1. The lowest BCUT2D eigenvalue weighted by atomic mass is 9.98. The molecule has 1 aromatic carbocycles. The largest absolute Gasteiger partial charge is 0.444 e. The summed E-state index contributed by atoms with van der Waals surface area (Å²) in [6.45, 7) is 10.4. The number of piperazine rings is 1. The van der Waals surface area contributed by atoms with Crippen LogP contribution < -0.4 is 0 Å². The first kappa shape index (κ1) is 21.8. The maximum Gasteiger partial charge on any atom is 0.410 e. The number of aryl methyl sites for hydroxylation is 2. The van der Waals surface area contributed by atoms with Crippen molar-refractivity contribution in [1.29, 1.82) is 0 Å². The van der Waals surface area contributed by atoms with E-state index in [0.717, 1.165) is 35.4 Å². The van der Waals surface area contributed by atoms with E-state index in [0.29, 0.717) is 26.2 Å². The van der Waals surface area contributed by atoms with Gasteiger partial charge in [0.05, 0.1) is 5.03 Å². The van der Waals surface area contributed by atoms with E-state index < -0.39 is 5.60 Å². The minimum absolute atomic E-state index is 0.163. The Kier molecular flexibility index (Phi) is 6.62. The number of carbonyl (C=O) groups excluding carboxylic acids is 2. The fourth-order valence-corrected chi connectivity index (χ4v) is 4.83. The number of benzene rings is 1. The van der Waals surface area contributed by atoms with Gasteiger partial charge >= 0.3 is 6.09 Å². The smallest absolute Gasteiger partial charge is 0.410 e. The number of ether oxygens (including phenoxy) is 1. The molecule has 0 unspecified atom stereocenters. The molecule has 158 valence electrons. The van der Waals surface area contributed by atoms with Crippen molar-refractivity contribution in [3.05, 3.63) is 45.5 Å². The number of fused-ring (bicyclic) bond motifs is 1. The molecule has 29 heavy (non-hydrogen) atoms. The van der Waals surface area contributed by atoms with Gasteiger partial charge in [0, 0.05) is 37.3 Å². The van der Waals surface area contributed by atoms with Crippen molar-refractivity contribution < 1.29 is 14.3 Å². The third-order valence-corrected chi connectivity index (χ3v) is 6.21. The molecule has 5 nitrogen and oxygen atoms in total. The molecule has 0 bridgehead atoms. The quantitative estimate of drug-likeness (QED) is 0.519. The van der Waals surface area contributed by atoms with Crippen molar-refractivity contribution in [3.63, 3.8) is 0 Å². The molecule has 0 spiro atoms. The molecule has 3 rings (SSSR count). The number of carbonyl (C=O) groups is 2. The first-order chi connectivity index (χ1) is 13.7. The number of amides is 1. The molecule has 1 fully saturated rings. The van der Waals surface area contributed by atoms with Crippen molar-refractivity contribution in [2.75, 3.05) is 32.4 Å². The van der Waals surface area contributed by atoms with Gasteiger partial charge in [-0.25, -0.2) is 4.79 Å². The molecule has 1 amide bonds. The summed E-state index contributed by atoms with van der Waals surface area (Å²) < 4.78 is 5.49. The normalized spacial score (nSPS) is 19.6. The lowest BCUT2D eigenvalue weighted by molar-refractivity contribution is 0.0173. The van der Waals surface area contributed by atoms with Gasteiger partial charge in [0.2, 0.25) is 0 Å². The van der Waals surface area contributed by atoms with Gasteiger partial charge in [-0.3, -0.25) is 4.79 Å². The molecule has 0 atom stereocenters. The molecule has 1 aromatic rings. The van der Waals surface area contributed by atoms with E-state index >= 15 is 0 Å². The summed E-state index contributed by atoms with van der Waals surface area (Å²) in [5.74, 6) is 0.163. The Balaban J connectivity index is 1.77. The van der Waals surface area contributed by atoms with Crippen LogP contribution in [0.4, 0.5) is 4.79 Å². The van der Waals surface area contributed by atoms with E-state index in [2.05, 4.69) is 17.9 Å². The minimum atomic E-state index is -0.487. The highest BCUT2D eigenvalue weighted by Gasteiger charge is 2.30. The van der Waals surface area contributed by atoms with Crippen molar-refractivity contribution in [1.82, 2.24) is 9.80 Å². The number of nitrogens with zero attached hydrogens (tertiary/aromatic N) is 2. The lowest BCUT2D eigenvalue weighted by Crippen LogP contribution is -2.49. The van der Waals surface area contributed by atoms with Crippen molar-refractivity contribution in [3.8, 4) is 0 Å². The zero-order chi connectivity index (χ0) is 21.2. The first-order valence-electron chi connectivity index (χ1n) is 10.3. The van der Waals surface area contributed by atoms with Crippen molar-refractivity contribution in [2.45, 2.75) is 52.6 Å². The molecule has 0 radical (unpaired) electrons. The van der Waals surface area contributed by atoms with Gasteiger partial charge < -0.3 is 14.5 Å². The minimum Gasteiger partial charge on any atom is -0.444 e. The third-order valence-electron chi connectivity index (χ3n) is 5.32. The van der Waals surface area contributed by atoms with Crippen LogP contribution in [0, 0.1) is 6.92 Å². The van der Waals surface area contributed by atoms with E-state index in [1.165, 1.54) is 11.1 Å². The highest BCUT2D eigenvalue weighted by molar-refractivity contribution is 8.02. The van der Waals surface area contributed by atoms with Gasteiger partial charge in [-0.05, 0) is 58.8 Å². The molecule has 0 N–H and O–H groups in total. The number of hydrogen-bond acceptors (Lipinski definition) is 5. The monoisotopic (exact) mass is 416 g/mol. The molecule has 1 aliphatic heterocycles. The predicted molar refractivity (Wildman–Crippen MR) is 118 cm³/mol. The number of allylic oxidation sites excluding steroid dienone is 1. The van der Waals surface area contributed by atoms with Crippen LogP contribution in [-0.2, 0) is 11.2 Å². The van der Waals surface area contributed by atoms with Crippen LogP contribution >= 0.6 is 11.8 Å². The van der Waals surface area contributed by atoms with Crippen LogP contribution in [0.25, 0.3) is 0 Å². The van der Waals surface area contributed by atoms with Crippen LogP contribution in [0.2, 0.25) is 0 Å². The average molecular weight is 417 g/mol. The van der Waals surface area contributed by atoms with Gasteiger partial charge in [0.25, 0.3) is 0 Å². The Morgan fingerprint density at radius 1 is 1.07 bits per heavy atom. The Labute approximate surface area is 178 Å². The number of Topliss-reactive ketones (excluding diaryl/α,β-unsaturated/α-hetero) is 1. The summed E-state index contributed by atoms with van der Waals surface area (Å²) in [5, 5.41) is 1.06. The van der Waals surface area contributed by atoms with Gasteiger partial charge in [-0.2, -0.15) is 0 Å². The summed E-state index contributed by atoms with van der Waals surface area (Å²) in [7, 11) is 0. The summed E-state index contributed by atoms with van der Waals surface area (Å²) in [6, 6.07) is 6.16. The summed E-state index contributed by atoms with van der Waals surface area (Å²) in [5.41, 5.74) is 3.65. The topological polar surface area (TPSA) is 49.9 Å². The molecule has 1 aliphatic carbocycles. The van der Waals surface area contributed by atoms with Crippen LogP contribution in [0.1, 0.15) is 55.1 Å². The maximum absolute atomic E-state index is 13.3. The Morgan fingerprint density at radius 2 is 1.72 bits per heavy atom. The first-order valence-corrected chi connectivity index (χ1v) is 11.6. The fraction of sp³-hybridized carbons (Fsp3) is 0.565. The molecule has 2 aliphatic rings. The second kappa shape index (κ2) is 8.82. The Hall–Kier alpha value is -1.95. The van der Waals surface area contributed by atoms with Crippen LogP contribution in [0.5, 0.6) is 0 Å². The van der Waals surface area contributed by atoms with Gasteiger partial charge in [0.15, 0.2) is 5.78 Å². The van der Waals surface area contributed by atoms with E-state index in [-0.39, 0.29) is 11.9 Å². The van der Waals surface area contributed by atoms with Gasteiger partial charge in [0.1, 0.15) is 5.60 Å². The fourth-order valence-electron chi connectivity index (χ4n) is 3.95. The summed E-state index contributed by atoms with van der Waals surface area (Å²) >= 11 is 1.64. The SMILES string of the molecule is CS/C(=C1/CCCc2cc(C)ccc2C1=O)N1CCN(C(=O)OC(C)(C)C)CC1. The van der Waals surface area contributed by atoms with Crippen LogP contribution in [0.3, 0.4) is 0 Å². The molecule has 6 heteroatoms. The predicted octanol–water partition coefficient (Wildman–Crippen LogP) is 4.64. The van der Waals surface area contributed by atoms with Crippen LogP contribution in [0.15, 0.2) is 28.8 Å². The lowest BCUT2D eigenvalue weighted by Gasteiger charge is -2.38. The number of ketones is 1. The summed E-state index contributed by atoms with van der Waals surface area (Å²) in [6.07, 6.45) is 4.51. The van der Waals surface area contributed by atoms with Crippen molar-refractivity contribution >= 4 is 23.6 Å². The Morgan fingerprint density at radius 3 is 2.34 bits per heavy atom. The second-order valence-electron chi connectivity index (χ2n) is 8.79. The molecular weight excluding hydrogens is 384 g/mol. The second-order valence-corrected chi connectivity index (χ2v) is 9.58. The molecular formula is C23H32N2O3S. The van der Waals surface area contributed by atoms with E-state index in [4.69, 9.17) is 4.74 Å². The third kappa shape index (κ3) is 5.16. The maximum atomic E-state index is 13.3.